The van der Waals surface area contributed by atoms with Crippen molar-refractivity contribution < 1.29 is 19.4 Å². The summed E-state index contributed by atoms with van der Waals surface area (Å²) >= 11 is 6.09. The molecule has 2 saturated heterocycles. The number of hydrogen-bond donors (Lipinski definition) is 1. The van der Waals surface area contributed by atoms with E-state index in [0.717, 1.165) is 25.7 Å². The molecule has 0 radical (unpaired) electrons. The zero-order valence-corrected chi connectivity index (χ0v) is 16.3. The normalized spacial score (nSPS) is 22.8. The summed E-state index contributed by atoms with van der Waals surface area (Å²) in [5.74, 6) is -0.443. The molecule has 0 saturated carbocycles. The molecule has 2 aliphatic rings. The van der Waals surface area contributed by atoms with Crippen LogP contribution in [0.5, 0.6) is 5.75 Å². The number of amides is 1. The van der Waals surface area contributed by atoms with Crippen LogP contribution in [-0.4, -0.2) is 40.1 Å². The van der Waals surface area contributed by atoms with Crippen LogP contribution < -0.4 is 4.74 Å². The molecule has 1 amide bonds. The van der Waals surface area contributed by atoms with Gasteiger partial charge in [0.25, 0.3) is 5.91 Å². The maximum atomic E-state index is 13.0. The molecule has 0 aliphatic carbocycles. The topological polar surface area (TPSA) is 90.6 Å². The summed E-state index contributed by atoms with van der Waals surface area (Å²) in [7, 11) is 0. The van der Waals surface area contributed by atoms with Gasteiger partial charge in [-0.2, -0.15) is 5.26 Å². The van der Waals surface area contributed by atoms with Gasteiger partial charge < -0.3 is 14.7 Å². The number of fused-ring (bicyclic) bond motifs is 2. The standard InChI is InChI=1S/C22H19ClN2O4/c23-20-11-18(8-5-15(20)12-24)29-19-9-16-6-7-17(10-19)25(16)21(26)13-1-3-14(4-2-13)22(27)28/h1-5,8,11,16-17,19H,6-7,9-10H2,(H,27,28)/t16-,17+,19+. The summed E-state index contributed by atoms with van der Waals surface area (Å²) in [4.78, 5) is 26.0. The highest BCUT2D eigenvalue weighted by atomic mass is 35.5. The van der Waals surface area contributed by atoms with Crippen molar-refractivity contribution in [1.82, 2.24) is 4.90 Å². The van der Waals surface area contributed by atoms with Crippen LogP contribution in [0.2, 0.25) is 5.02 Å². The molecule has 29 heavy (non-hydrogen) atoms. The van der Waals surface area contributed by atoms with E-state index in [1.54, 1.807) is 30.3 Å². The molecule has 2 aromatic carbocycles. The number of benzene rings is 2. The largest absolute Gasteiger partial charge is 0.490 e. The molecule has 2 aromatic rings. The lowest BCUT2D eigenvalue weighted by Crippen LogP contribution is -2.49. The maximum Gasteiger partial charge on any atom is 0.335 e. The van der Waals surface area contributed by atoms with Crippen LogP contribution in [0.1, 0.15) is 52.0 Å². The number of aromatic carboxylic acids is 1. The first-order valence-electron chi connectivity index (χ1n) is 9.48. The Kier molecular flexibility index (Phi) is 5.16. The van der Waals surface area contributed by atoms with Crippen LogP contribution in [0.15, 0.2) is 42.5 Å². The van der Waals surface area contributed by atoms with E-state index >= 15 is 0 Å². The van der Waals surface area contributed by atoms with Gasteiger partial charge in [0.15, 0.2) is 0 Å². The van der Waals surface area contributed by atoms with Gasteiger partial charge in [0.05, 0.1) is 16.1 Å². The Morgan fingerprint density at radius 1 is 1.07 bits per heavy atom. The van der Waals surface area contributed by atoms with E-state index in [2.05, 4.69) is 0 Å². The zero-order chi connectivity index (χ0) is 20.5. The third-order valence-corrected chi connectivity index (χ3v) is 5.98. The average Bonchev–Trinajstić information content (AvgIpc) is 2.98. The van der Waals surface area contributed by atoms with Crippen molar-refractivity contribution in [2.75, 3.05) is 0 Å². The van der Waals surface area contributed by atoms with Gasteiger partial charge in [-0.25, -0.2) is 4.79 Å². The van der Waals surface area contributed by atoms with Crippen molar-refractivity contribution in [3.05, 3.63) is 64.2 Å². The molecule has 0 unspecified atom stereocenters. The van der Waals surface area contributed by atoms with Gasteiger partial charge in [0.2, 0.25) is 0 Å². The quantitative estimate of drug-likeness (QED) is 0.818. The molecule has 2 aliphatic heterocycles. The lowest BCUT2D eigenvalue weighted by atomic mass is 9.98. The number of ether oxygens (including phenoxy) is 1. The Hall–Kier alpha value is -3.04. The molecular weight excluding hydrogens is 392 g/mol. The summed E-state index contributed by atoms with van der Waals surface area (Å²) in [5, 5.41) is 18.4. The first-order valence-corrected chi connectivity index (χ1v) is 9.86. The fraction of sp³-hybridized carbons (Fsp3) is 0.318. The predicted octanol–water partition coefficient (Wildman–Crippen LogP) is 4.12. The Morgan fingerprint density at radius 2 is 1.69 bits per heavy atom. The number of carboxylic acid groups (broad SMARTS) is 1. The summed E-state index contributed by atoms with van der Waals surface area (Å²) in [6.45, 7) is 0. The Balaban J connectivity index is 1.45. The van der Waals surface area contributed by atoms with Crippen LogP contribution in [0.4, 0.5) is 0 Å². The monoisotopic (exact) mass is 410 g/mol. The fourth-order valence-electron chi connectivity index (χ4n) is 4.31. The number of halogens is 1. The molecule has 6 nitrogen and oxygen atoms in total. The van der Waals surface area contributed by atoms with E-state index in [0.29, 0.717) is 21.9 Å². The molecule has 7 heteroatoms. The number of rotatable bonds is 4. The van der Waals surface area contributed by atoms with Crippen molar-refractivity contribution in [3.8, 4) is 11.8 Å². The van der Waals surface area contributed by atoms with E-state index < -0.39 is 5.97 Å². The van der Waals surface area contributed by atoms with Crippen LogP contribution in [0.3, 0.4) is 0 Å². The molecular formula is C22H19ClN2O4. The fourth-order valence-corrected chi connectivity index (χ4v) is 4.52. The average molecular weight is 411 g/mol. The third kappa shape index (κ3) is 3.79. The van der Waals surface area contributed by atoms with Crippen LogP contribution in [-0.2, 0) is 0 Å². The number of carbonyl (C=O) groups excluding carboxylic acids is 1. The van der Waals surface area contributed by atoms with Crippen LogP contribution >= 0.6 is 11.6 Å². The smallest absolute Gasteiger partial charge is 0.335 e. The second-order valence-electron chi connectivity index (χ2n) is 7.44. The Labute approximate surface area is 173 Å². The SMILES string of the molecule is N#Cc1ccc(O[C@H]2C[C@H]3CC[C@@H](C2)N3C(=O)c2ccc(C(=O)O)cc2)cc1Cl. The number of carbonyl (C=O) groups is 2. The minimum atomic E-state index is -1.01. The number of hydrogen-bond acceptors (Lipinski definition) is 4. The predicted molar refractivity (Wildman–Crippen MR) is 106 cm³/mol. The van der Waals surface area contributed by atoms with Gasteiger partial charge in [0.1, 0.15) is 17.9 Å². The second kappa shape index (κ2) is 7.76. The highest BCUT2D eigenvalue weighted by Crippen LogP contribution is 2.38. The maximum absolute atomic E-state index is 13.0. The number of piperidine rings is 1. The van der Waals surface area contributed by atoms with E-state index in [-0.39, 0.29) is 29.7 Å². The summed E-state index contributed by atoms with van der Waals surface area (Å²) in [5.41, 5.74) is 1.08. The van der Waals surface area contributed by atoms with Gasteiger partial charge in [-0.05, 0) is 49.2 Å². The van der Waals surface area contributed by atoms with Crippen molar-refractivity contribution >= 4 is 23.5 Å². The molecule has 0 aromatic heterocycles. The number of nitrogens with zero attached hydrogens (tertiary/aromatic N) is 2. The molecule has 3 atom stereocenters. The van der Waals surface area contributed by atoms with E-state index in [4.69, 9.17) is 26.7 Å². The van der Waals surface area contributed by atoms with E-state index in [1.165, 1.54) is 12.1 Å². The molecule has 148 valence electrons. The van der Waals surface area contributed by atoms with E-state index in [9.17, 15) is 9.59 Å². The first-order chi connectivity index (χ1) is 14.0. The zero-order valence-electron chi connectivity index (χ0n) is 15.5. The van der Waals surface area contributed by atoms with Gasteiger partial charge in [0, 0.05) is 36.6 Å². The van der Waals surface area contributed by atoms with Gasteiger partial charge in [-0.1, -0.05) is 11.6 Å². The lowest BCUT2D eigenvalue weighted by Gasteiger charge is -2.39. The highest BCUT2D eigenvalue weighted by Gasteiger charge is 2.44. The number of carboxylic acids is 1. The summed E-state index contributed by atoms with van der Waals surface area (Å²) < 4.78 is 6.10. The lowest BCUT2D eigenvalue weighted by molar-refractivity contribution is 0.0358. The molecule has 1 N–H and O–H groups in total. The highest BCUT2D eigenvalue weighted by molar-refractivity contribution is 6.31. The first kappa shape index (κ1) is 19.3. The van der Waals surface area contributed by atoms with Crippen molar-refractivity contribution in [1.29, 1.82) is 5.26 Å². The molecule has 2 fully saturated rings. The van der Waals surface area contributed by atoms with Crippen molar-refractivity contribution in [3.63, 3.8) is 0 Å². The third-order valence-electron chi connectivity index (χ3n) is 5.67. The molecule has 2 bridgehead atoms. The minimum Gasteiger partial charge on any atom is -0.490 e. The molecule has 4 rings (SSSR count). The van der Waals surface area contributed by atoms with Gasteiger partial charge >= 0.3 is 5.97 Å². The molecule has 2 heterocycles. The van der Waals surface area contributed by atoms with Crippen molar-refractivity contribution in [2.45, 2.75) is 43.9 Å². The molecule has 0 spiro atoms. The Bertz CT molecular complexity index is 985. The van der Waals surface area contributed by atoms with Crippen molar-refractivity contribution in [2.24, 2.45) is 0 Å². The van der Waals surface area contributed by atoms with E-state index in [1.807, 2.05) is 11.0 Å². The Morgan fingerprint density at radius 3 is 2.24 bits per heavy atom. The van der Waals surface area contributed by atoms with Gasteiger partial charge in [-0.15, -0.1) is 0 Å². The van der Waals surface area contributed by atoms with Gasteiger partial charge in [-0.3, -0.25) is 4.79 Å². The van der Waals surface area contributed by atoms with Crippen LogP contribution in [0.25, 0.3) is 0 Å². The minimum absolute atomic E-state index is 0.0186. The number of nitriles is 1. The summed E-state index contributed by atoms with van der Waals surface area (Å²) in [6.07, 6.45) is 3.30. The summed E-state index contributed by atoms with van der Waals surface area (Å²) in [6, 6.07) is 13.3. The second-order valence-corrected chi connectivity index (χ2v) is 7.85. The van der Waals surface area contributed by atoms with Crippen LogP contribution in [0, 0.1) is 11.3 Å².